The highest BCUT2D eigenvalue weighted by atomic mass is 16.5. The van der Waals surface area contributed by atoms with Crippen LogP contribution < -0.4 is 4.74 Å². The van der Waals surface area contributed by atoms with Crippen molar-refractivity contribution in [3.05, 3.63) is 53.1 Å². The lowest BCUT2D eigenvalue weighted by Gasteiger charge is -2.31. The van der Waals surface area contributed by atoms with Crippen LogP contribution in [0.4, 0.5) is 0 Å². The van der Waals surface area contributed by atoms with Gasteiger partial charge in [0.1, 0.15) is 5.75 Å². The Morgan fingerprint density at radius 2 is 1.28 bits per heavy atom. The fourth-order valence-corrected chi connectivity index (χ4v) is 4.05. The van der Waals surface area contributed by atoms with Gasteiger partial charge >= 0.3 is 5.97 Å². The molecule has 1 amide bonds. The van der Waals surface area contributed by atoms with Crippen LogP contribution in [-0.4, -0.2) is 40.6 Å². The van der Waals surface area contributed by atoms with Gasteiger partial charge in [0, 0.05) is 12.1 Å². The molecule has 0 radical (unpaired) electrons. The molecule has 2 aromatic rings. The number of carbonyl (C=O) groups is 2. The van der Waals surface area contributed by atoms with Gasteiger partial charge in [-0.3, -0.25) is 4.79 Å². The zero-order valence-electron chi connectivity index (χ0n) is 20.6. The maximum atomic E-state index is 12.9. The minimum Gasteiger partial charge on any atom is -0.483 e. The van der Waals surface area contributed by atoms with Crippen LogP contribution in [0.5, 0.6) is 5.75 Å². The molecule has 0 aliphatic heterocycles. The van der Waals surface area contributed by atoms with Gasteiger partial charge < -0.3 is 14.7 Å². The van der Waals surface area contributed by atoms with Crippen molar-refractivity contribution >= 4 is 11.9 Å². The second-order valence-corrected chi connectivity index (χ2v) is 9.45. The highest BCUT2D eigenvalue weighted by Crippen LogP contribution is 2.39. The van der Waals surface area contributed by atoms with E-state index >= 15 is 0 Å². The summed E-state index contributed by atoms with van der Waals surface area (Å²) < 4.78 is 6.21. The first-order chi connectivity index (χ1) is 14.9. The summed E-state index contributed by atoms with van der Waals surface area (Å²) >= 11 is 0. The van der Waals surface area contributed by atoms with E-state index in [-0.39, 0.29) is 42.0 Å². The van der Waals surface area contributed by atoms with E-state index in [0.29, 0.717) is 0 Å². The predicted octanol–water partition coefficient (Wildman–Crippen LogP) is 6.32. The molecular formula is C27H37NO4. The smallest absolute Gasteiger partial charge is 0.335 e. The van der Waals surface area contributed by atoms with E-state index in [1.54, 1.807) is 12.1 Å². The molecule has 0 aliphatic carbocycles. The van der Waals surface area contributed by atoms with E-state index in [1.165, 1.54) is 0 Å². The SMILES string of the molecule is CC(C)c1cc(-c2ccc(C(=O)O)cc2)cc(C(C)C)c1OCC(=O)N(C(C)C)C(C)C. The van der Waals surface area contributed by atoms with E-state index < -0.39 is 5.97 Å². The zero-order valence-corrected chi connectivity index (χ0v) is 20.6. The van der Waals surface area contributed by atoms with E-state index in [1.807, 2.05) is 44.7 Å². The lowest BCUT2D eigenvalue weighted by atomic mass is 9.89. The number of rotatable bonds is 9. The molecule has 5 nitrogen and oxygen atoms in total. The number of carboxylic acids is 1. The van der Waals surface area contributed by atoms with Crippen LogP contribution in [-0.2, 0) is 4.79 Å². The highest BCUT2D eigenvalue weighted by Gasteiger charge is 2.23. The Bertz CT molecular complexity index is 906. The largest absolute Gasteiger partial charge is 0.483 e. The number of hydrogen-bond donors (Lipinski definition) is 1. The minimum absolute atomic E-state index is 0.00244. The summed E-state index contributed by atoms with van der Waals surface area (Å²) in [5.74, 6) is 0.214. The van der Waals surface area contributed by atoms with Crippen molar-refractivity contribution in [1.29, 1.82) is 0 Å². The summed E-state index contributed by atoms with van der Waals surface area (Å²) in [7, 11) is 0. The van der Waals surface area contributed by atoms with Gasteiger partial charge in [0.15, 0.2) is 6.61 Å². The minimum atomic E-state index is -0.937. The second kappa shape index (κ2) is 10.7. The third-order valence-corrected chi connectivity index (χ3v) is 5.60. The second-order valence-electron chi connectivity index (χ2n) is 9.45. The van der Waals surface area contributed by atoms with Gasteiger partial charge in [-0.25, -0.2) is 4.79 Å². The average molecular weight is 440 g/mol. The zero-order chi connectivity index (χ0) is 24.2. The van der Waals surface area contributed by atoms with Crippen molar-refractivity contribution in [2.75, 3.05) is 6.61 Å². The number of hydrogen-bond acceptors (Lipinski definition) is 3. The monoisotopic (exact) mass is 439 g/mol. The van der Waals surface area contributed by atoms with Crippen LogP contribution in [0.25, 0.3) is 11.1 Å². The Morgan fingerprint density at radius 3 is 1.66 bits per heavy atom. The maximum absolute atomic E-state index is 12.9. The Labute approximate surface area is 192 Å². The van der Waals surface area contributed by atoms with Crippen LogP contribution in [0.1, 0.15) is 88.7 Å². The quantitative estimate of drug-likeness (QED) is 0.496. The number of benzene rings is 2. The van der Waals surface area contributed by atoms with Crippen molar-refractivity contribution < 1.29 is 19.4 Å². The number of ether oxygens (including phenoxy) is 1. The fourth-order valence-electron chi connectivity index (χ4n) is 4.05. The molecule has 2 aromatic carbocycles. The molecule has 0 heterocycles. The van der Waals surface area contributed by atoms with E-state index in [2.05, 4.69) is 39.8 Å². The lowest BCUT2D eigenvalue weighted by Crippen LogP contribution is -2.44. The normalized spacial score (nSPS) is 11.5. The molecule has 174 valence electrons. The van der Waals surface area contributed by atoms with Crippen LogP contribution in [0.3, 0.4) is 0 Å². The molecular weight excluding hydrogens is 402 g/mol. The molecule has 0 unspecified atom stereocenters. The number of carboxylic acid groups (broad SMARTS) is 1. The Kier molecular flexibility index (Phi) is 8.48. The molecule has 0 aromatic heterocycles. The molecule has 0 saturated heterocycles. The van der Waals surface area contributed by atoms with E-state index in [0.717, 1.165) is 28.0 Å². The standard InChI is InChI=1S/C27H37NO4/c1-16(2)23-13-22(20-9-11-21(12-10-20)27(30)31)14-24(17(3)4)26(23)32-15-25(29)28(18(5)6)19(7)8/h9-14,16-19H,15H2,1-8H3,(H,30,31). The third kappa shape index (κ3) is 5.90. The molecule has 0 aliphatic rings. The average Bonchev–Trinajstić information content (AvgIpc) is 2.70. The van der Waals surface area contributed by atoms with E-state index in [4.69, 9.17) is 4.74 Å². The first kappa shape index (κ1) is 25.4. The molecule has 5 heteroatoms. The number of aromatic carboxylic acids is 1. The van der Waals surface area contributed by atoms with Crippen LogP contribution in [0.15, 0.2) is 36.4 Å². The lowest BCUT2D eigenvalue weighted by molar-refractivity contribution is -0.137. The van der Waals surface area contributed by atoms with Crippen molar-refractivity contribution in [3.63, 3.8) is 0 Å². The summed E-state index contributed by atoms with van der Waals surface area (Å²) in [6, 6.07) is 11.3. The van der Waals surface area contributed by atoms with Gasteiger partial charge in [0.2, 0.25) is 0 Å². The van der Waals surface area contributed by atoms with Gasteiger partial charge in [-0.15, -0.1) is 0 Å². The number of amides is 1. The van der Waals surface area contributed by atoms with Crippen molar-refractivity contribution in [3.8, 4) is 16.9 Å². The van der Waals surface area contributed by atoms with Crippen molar-refractivity contribution in [2.45, 2.75) is 79.3 Å². The Morgan fingerprint density at radius 1 is 0.812 bits per heavy atom. The predicted molar refractivity (Wildman–Crippen MR) is 130 cm³/mol. The fraction of sp³-hybridized carbons (Fsp3) is 0.481. The molecule has 2 rings (SSSR count). The molecule has 0 spiro atoms. The van der Waals surface area contributed by atoms with Gasteiger partial charge in [0.05, 0.1) is 5.56 Å². The van der Waals surface area contributed by atoms with Gasteiger partial charge in [-0.2, -0.15) is 0 Å². The summed E-state index contributed by atoms with van der Waals surface area (Å²) in [5, 5.41) is 9.18. The van der Waals surface area contributed by atoms with E-state index in [9.17, 15) is 14.7 Å². The topological polar surface area (TPSA) is 66.8 Å². The number of nitrogens with zero attached hydrogens (tertiary/aromatic N) is 1. The van der Waals surface area contributed by atoms with Crippen LogP contribution in [0, 0.1) is 0 Å². The Balaban J connectivity index is 2.46. The summed E-state index contributed by atoms with van der Waals surface area (Å²) in [6.07, 6.45) is 0. The molecule has 1 N–H and O–H groups in total. The van der Waals surface area contributed by atoms with Crippen LogP contribution >= 0.6 is 0 Å². The molecule has 0 bridgehead atoms. The van der Waals surface area contributed by atoms with Gasteiger partial charge in [-0.05, 0) is 86.1 Å². The first-order valence-corrected chi connectivity index (χ1v) is 11.4. The highest BCUT2D eigenvalue weighted by molar-refractivity contribution is 5.88. The molecule has 0 saturated carbocycles. The number of carbonyl (C=O) groups excluding carboxylic acids is 1. The van der Waals surface area contributed by atoms with Crippen molar-refractivity contribution in [1.82, 2.24) is 4.90 Å². The molecule has 32 heavy (non-hydrogen) atoms. The molecule has 0 fully saturated rings. The summed E-state index contributed by atoms with van der Waals surface area (Å²) in [6.45, 7) is 16.5. The van der Waals surface area contributed by atoms with Gasteiger partial charge in [-0.1, -0.05) is 39.8 Å². The van der Waals surface area contributed by atoms with Crippen molar-refractivity contribution in [2.24, 2.45) is 0 Å². The van der Waals surface area contributed by atoms with Gasteiger partial charge in [0.25, 0.3) is 5.91 Å². The Hall–Kier alpha value is -2.82. The maximum Gasteiger partial charge on any atom is 0.335 e. The summed E-state index contributed by atoms with van der Waals surface area (Å²) in [4.78, 5) is 25.9. The summed E-state index contributed by atoms with van der Waals surface area (Å²) in [5.41, 5.74) is 4.32. The first-order valence-electron chi connectivity index (χ1n) is 11.4. The third-order valence-electron chi connectivity index (χ3n) is 5.60. The van der Waals surface area contributed by atoms with Crippen LogP contribution in [0.2, 0.25) is 0 Å². The molecule has 0 atom stereocenters.